The molecule has 1 N–H and O–H groups in total. The summed E-state index contributed by atoms with van der Waals surface area (Å²) in [6.45, 7) is 10.2. The number of nitrogens with one attached hydrogen (secondary N) is 1. The molecule has 2 saturated heterocycles. The van der Waals surface area contributed by atoms with Crippen molar-refractivity contribution in [1.29, 1.82) is 0 Å². The first kappa shape index (κ1) is 12.6. The molecule has 4 heteroatoms. The lowest BCUT2D eigenvalue weighted by Gasteiger charge is -2.22. The van der Waals surface area contributed by atoms with Gasteiger partial charge in [-0.3, -0.25) is 10.1 Å². The van der Waals surface area contributed by atoms with Crippen molar-refractivity contribution in [2.45, 2.75) is 51.0 Å². The zero-order valence-electron chi connectivity index (χ0n) is 10.7. The molecular formula is C13H21NO3. The number of rotatable bonds is 3. The maximum Gasteiger partial charge on any atom is 0.323 e. The van der Waals surface area contributed by atoms with Gasteiger partial charge in [-0.15, -0.1) is 6.58 Å². The molecule has 17 heavy (non-hydrogen) atoms. The van der Waals surface area contributed by atoms with Crippen LogP contribution in [-0.2, 0) is 14.3 Å². The van der Waals surface area contributed by atoms with Crippen LogP contribution in [0, 0.1) is 5.92 Å². The van der Waals surface area contributed by atoms with E-state index in [4.69, 9.17) is 9.47 Å². The fraction of sp³-hybridized carbons (Fsp3) is 0.769. The predicted octanol–water partition coefficient (Wildman–Crippen LogP) is 1.26. The quantitative estimate of drug-likeness (QED) is 0.457. The maximum atomic E-state index is 12.0. The van der Waals surface area contributed by atoms with Crippen molar-refractivity contribution >= 4 is 5.97 Å². The Morgan fingerprint density at radius 3 is 2.65 bits per heavy atom. The number of epoxide rings is 1. The Morgan fingerprint density at radius 2 is 2.18 bits per heavy atom. The summed E-state index contributed by atoms with van der Waals surface area (Å²) in [5.74, 6) is 0.118. The maximum absolute atomic E-state index is 12.0. The van der Waals surface area contributed by atoms with E-state index >= 15 is 0 Å². The molecule has 2 rings (SSSR count). The number of hydrogen-bond acceptors (Lipinski definition) is 4. The van der Waals surface area contributed by atoms with E-state index in [0.717, 1.165) is 13.0 Å². The summed E-state index contributed by atoms with van der Waals surface area (Å²) in [7, 11) is 0. The van der Waals surface area contributed by atoms with Gasteiger partial charge in [-0.2, -0.15) is 0 Å². The smallest absolute Gasteiger partial charge is 0.323 e. The first-order valence-electron chi connectivity index (χ1n) is 6.14. The van der Waals surface area contributed by atoms with Gasteiger partial charge in [-0.05, 0) is 33.1 Å². The predicted molar refractivity (Wildman–Crippen MR) is 64.6 cm³/mol. The zero-order chi connectivity index (χ0) is 12.6. The Morgan fingerprint density at radius 1 is 1.53 bits per heavy atom. The zero-order valence-corrected chi connectivity index (χ0v) is 10.7. The van der Waals surface area contributed by atoms with Gasteiger partial charge in [0.05, 0.1) is 12.7 Å². The van der Waals surface area contributed by atoms with Crippen LogP contribution >= 0.6 is 0 Å². The lowest BCUT2D eigenvalue weighted by Crippen LogP contribution is -2.42. The third-order valence-electron chi connectivity index (χ3n) is 3.12. The minimum Gasteiger partial charge on any atom is -0.459 e. The number of carbonyl (C=O) groups is 1. The van der Waals surface area contributed by atoms with Crippen molar-refractivity contribution in [2.75, 3.05) is 6.61 Å². The normalized spacial score (nSPS) is 36.6. The van der Waals surface area contributed by atoms with Crippen LogP contribution in [0.25, 0.3) is 0 Å². The Labute approximate surface area is 102 Å². The van der Waals surface area contributed by atoms with E-state index in [1.54, 1.807) is 0 Å². The van der Waals surface area contributed by atoms with Crippen LogP contribution in [0.1, 0.15) is 27.2 Å². The molecule has 0 spiro atoms. The first-order chi connectivity index (χ1) is 7.90. The van der Waals surface area contributed by atoms with Crippen LogP contribution < -0.4 is 5.32 Å². The molecular weight excluding hydrogens is 218 g/mol. The fourth-order valence-electron chi connectivity index (χ4n) is 2.27. The van der Waals surface area contributed by atoms with Gasteiger partial charge in [0.25, 0.3) is 0 Å². The Hall–Kier alpha value is -0.870. The summed E-state index contributed by atoms with van der Waals surface area (Å²) in [6, 6.07) is -0.0172. The Balaban J connectivity index is 1.95. The van der Waals surface area contributed by atoms with Gasteiger partial charge in [0.15, 0.2) is 0 Å². The molecule has 4 nitrogen and oxygen atoms in total. The molecule has 2 aliphatic rings. The van der Waals surface area contributed by atoms with Crippen molar-refractivity contribution in [3.05, 3.63) is 12.7 Å². The molecule has 4 atom stereocenters. The SMILES string of the molecule is C=CC1CC(C(=O)OC(C)(C)C)NC1C1CO1. The second-order valence-corrected chi connectivity index (χ2v) is 5.79. The molecule has 2 aliphatic heterocycles. The summed E-state index contributed by atoms with van der Waals surface area (Å²) < 4.78 is 10.7. The van der Waals surface area contributed by atoms with Crippen LogP contribution in [0.2, 0.25) is 0 Å². The van der Waals surface area contributed by atoms with Crippen LogP contribution in [0.3, 0.4) is 0 Å². The number of ether oxygens (including phenoxy) is 2. The highest BCUT2D eigenvalue weighted by Gasteiger charge is 2.45. The molecule has 0 aliphatic carbocycles. The van der Waals surface area contributed by atoms with E-state index in [9.17, 15) is 4.79 Å². The summed E-state index contributed by atoms with van der Waals surface area (Å²) >= 11 is 0. The largest absolute Gasteiger partial charge is 0.459 e. The van der Waals surface area contributed by atoms with Crippen LogP contribution in [0.4, 0.5) is 0 Å². The molecule has 2 heterocycles. The highest BCUT2D eigenvalue weighted by atomic mass is 16.6. The van der Waals surface area contributed by atoms with E-state index in [2.05, 4.69) is 11.9 Å². The molecule has 0 saturated carbocycles. The second-order valence-electron chi connectivity index (χ2n) is 5.79. The first-order valence-corrected chi connectivity index (χ1v) is 6.14. The summed E-state index contributed by atoms with van der Waals surface area (Å²) in [4.78, 5) is 12.0. The molecule has 0 amide bonds. The van der Waals surface area contributed by atoms with Gasteiger partial charge in [-0.25, -0.2) is 0 Å². The van der Waals surface area contributed by atoms with Crippen LogP contribution in [0.15, 0.2) is 12.7 Å². The second kappa shape index (κ2) is 4.42. The van der Waals surface area contributed by atoms with Crippen LogP contribution in [-0.4, -0.2) is 36.4 Å². The number of hydrogen-bond donors (Lipinski definition) is 1. The van der Waals surface area contributed by atoms with E-state index in [-0.39, 0.29) is 24.2 Å². The summed E-state index contributed by atoms with van der Waals surface area (Å²) in [5.41, 5.74) is -0.434. The van der Waals surface area contributed by atoms with E-state index in [1.807, 2.05) is 26.8 Å². The van der Waals surface area contributed by atoms with Crippen molar-refractivity contribution < 1.29 is 14.3 Å². The highest BCUT2D eigenvalue weighted by Crippen LogP contribution is 2.31. The Bertz CT molecular complexity index is 317. The third kappa shape index (κ3) is 3.07. The molecule has 0 aromatic carbocycles. The molecule has 0 aromatic rings. The number of esters is 1. The van der Waals surface area contributed by atoms with Gasteiger partial charge in [0.1, 0.15) is 11.6 Å². The lowest BCUT2D eigenvalue weighted by atomic mass is 9.97. The molecule has 0 radical (unpaired) electrons. The topological polar surface area (TPSA) is 50.9 Å². The monoisotopic (exact) mass is 239 g/mol. The molecule has 2 fully saturated rings. The lowest BCUT2D eigenvalue weighted by molar-refractivity contribution is -0.157. The molecule has 4 unspecified atom stereocenters. The molecule has 96 valence electrons. The Kier molecular flexibility index (Phi) is 3.27. The molecule has 0 aromatic heterocycles. The average molecular weight is 239 g/mol. The van der Waals surface area contributed by atoms with Gasteiger partial charge in [0, 0.05) is 6.04 Å². The highest BCUT2D eigenvalue weighted by molar-refractivity contribution is 5.76. The molecule has 0 bridgehead atoms. The minimum absolute atomic E-state index is 0.174. The van der Waals surface area contributed by atoms with E-state index < -0.39 is 5.60 Å². The van der Waals surface area contributed by atoms with Crippen molar-refractivity contribution in [2.24, 2.45) is 5.92 Å². The van der Waals surface area contributed by atoms with Crippen LogP contribution in [0.5, 0.6) is 0 Å². The van der Waals surface area contributed by atoms with E-state index in [0.29, 0.717) is 5.92 Å². The third-order valence-corrected chi connectivity index (χ3v) is 3.12. The van der Waals surface area contributed by atoms with Crippen molar-refractivity contribution in [1.82, 2.24) is 5.32 Å². The van der Waals surface area contributed by atoms with Crippen molar-refractivity contribution in [3.8, 4) is 0 Å². The van der Waals surface area contributed by atoms with Crippen molar-refractivity contribution in [3.63, 3.8) is 0 Å². The van der Waals surface area contributed by atoms with Gasteiger partial charge in [-0.1, -0.05) is 6.08 Å². The summed E-state index contributed by atoms with van der Waals surface area (Å²) in [6.07, 6.45) is 2.90. The fourth-order valence-corrected chi connectivity index (χ4v) is 2.27. The summed E-state index contributed by atoms with van der Waals surface area (Å²) in [5, 5.41) is 3.31. The number of carbonyl (C=O) groups excluding carboxylic acids is 1. The minimum atomic E-state index is -0.434. The van der Waals surface area contributed by atoms with Gasteiger partial charge < -0.3 is 9.47 Å². The van der Waals surface area contributed by atoms with E-state index in [1.165, 1.54) is 0 Å². The van der Waals surface area contributed by atoms with Gasteiger partial charge >= 0.3 is 5.97 Å². The standard InChI is InChI=1S/C13H21NO3/c1-5-8-6-9(12(15)17-13(2,3)4)14-11(8)10-7-16-10/h5,8-11,14H,1,6-7H2,2-4H3. The average Bonchev–Trinajstić information content (AvgIpc) is 2.95. The van der Waals surface area contributed by atoms with Gasteiger partial charge in [0.2, 0.25) is 0 Å².